The molecule has 0 saturated carbocycles. The van der Waals surface area contributed by atoms with Crippen molar-refractivity contribution in [3.8, 4) is 6.07 Å². The molecule has 5 nitrogen and oxygen atoms in total. The number of carbonyl (C=O) groups excluding carboxylic acids is 2. The number of amides is 1. The highest BCUT2D eigenvalue weighted by Gasteiger charge is 2.39. The predicted octanol–water partition coefficient (Wildman–Crippen LogP) is 0.729. The third-order valence-electron chi connectivity index (χ3n) is 2.74. The monoisotopic (exact) mass is 222 g/mol. The summed E-state index contributed by atoms with van der Waals surface area (Å²) in [5.74, 6) is -1.61. The zero-order chi connectivity index (χ0) is 12.3. The number of rotatable bonds is 3. The molecular formula is C11H14N2O3. The van der Waals surface area contributed by atoms with E-state index in [-0.39, 0.29) is 18.1 Å². The minimum Gasteiger partial charge on any atom is -0.482 e. The summed E-state index contributed by atoms with van der Waals surface area (Å²) in [5, 5.41) is 11.4. The first-order valence-corrected chi connectivity index (χ1v) is 5.08. The third-order valence-corrected chi connectivity index (χ3v) is 2.74. The topological polar surface area (TPSA) is 79.2 Å². The molecule has 0 saturated heterocycles. The van der Waals surface area contributed by atoms with Crippen LogP contribution in [0.25, 0.3) is 0 Å². The van der Waals surface area contributed by atoms with E-state index < -0.39 is 17.7 Å². The number of allylic oxidation sites excluding steroid dienone is 1. The number of nitriles is 1. The number of methoxy groups -OCH3 is 1. The fourth-order valence-corrected chi connectivity index (χ4v) is 1.82. The van der Waals surface area contributed by atoms with Crippen molar-refractivity contribution in [3.05, 3.63) is 11.5 Å². The second kappa shape index (κ2) is 4.79. The van der Waals surface area contributed by atoms with Gasteiger partial charge in [-0.25, -0.2) is 0 Å². The highest BCUT2D eigenvalue weighted by Crippen LogP contribution is 2.28. The molecule has 1 aliphatic rings. The molecule has 0 radical (unpaired) electrons. The Bertz CT molecular complexity index is 393. The highest BCUT2D eigenvalue weighted by molar-refractivity contribution is 6.03. The van der Waals surface area contributed by atoms with Gasteiger partial charge in [-0.15, -0.1) is 0 Å². The van der Waals surface area contributed by atoms with Gasteiger partial charge in [0.2, 0.25) is 11.8 Å². The minimum atomic E-state index is -0.779. The van der Waals surface area contributed by atoms with Crippen LogP contribution in [0.3, 0.4) is 0 Å². The van der Waals surface area contributed by atoms with Gasteiger partial charge in [0.15, 0.2) is 0 Å². The molecule has 0 aromatic heterocycles. The molecule has 0 bridgehead atoms. The predicted molar refractivity (Wildman–Crippen MR) is 55.7 cm³/mol. The van der Waals surface area contributed by atoms with Gasteiger partial charge in [-0.05, 0) is 0 Å². The van der Waals surface area contributed by atoms with Crippen LogP contribution in [0.4, 0.5) is 0 Å². The first-order chi connectivity index (χ1) is 7.56. The Hall–Kier alpha value is -1.83. The SMILES string of the molecule is CCC(=O)C1C(=O)NC(OC)=C(C#N)C1C. The zero-order valence-corrected chi connectivity index (χ0v) is 9.53. The van der Waals surface area contributed by atoms with E-state index in [9.17, 15) is 9.59 Å². The van der Waals surface area contributed by atoms with Gasteiger partial charge in [-0.1, -0.05) is 13.8 Å². The van der Waals surface area contributed by atoms with Crippen molar-refractivity contribution in [3.63, 3.8) is 0 Å². The fraction of sp³-hybridized carbons (Fsp3) is 0.545. The van der Waals surface area contributed by atoms with Crippen LogP contribution in [0, 0.1) is 23.2 Å². The summed E-state index contributed by atoms with van der Waals surface area (Å²) >= 11 is 0. The van der Waals surface area contributed by atoms with Crippen LogP contribution >= 0.6 is 0 Å². The zero-order valence-electron chi connectivity index (χ0n) is 9.53. The van der Waals surface area contributed by atoms with Gasteiger partial charge in [0.25, 0.3) is 0 Å². The average molecular weight is 222 g/mol. The summed E-state index contributed by atoms with van der Waals surface area (Å²) < 4.78 is 4.91. The van der Waals surface area contributed by atoms with Crippen molar-refractivity contribution in [1.82, 2.24) is 5.32 Å². The average Bonchev–Trinajstić information content (AvgIpc) is 2.27. The molecule has 0 aromatic rings. The summed E-state index contributed by atoms with van der Waals surface area (Å²) in [7, 11) is 1.38. The van der Waals surface area contributed by atoms with Crippen LogP contribution in [0.15, 0.2) is 11.5 Å². The van der Waals surface area contributed by atoms with Gasteiger partial charge in [0, 0.05) is 12.3 Å². The molecule has 0 fully saturated rings. The van der Waals surface area contributed by atoms with E-state index in [4.69, 9.17) is 10.00 Å². The van der Waals surface area contributed by atoms with Crippen molar-refractivity contribution in [1.29, 1.82) is 5.26 Å². The van der Waals surface area contributed by atoms with Crippen LogP contribution in [0.5, 0.6) is 0 Å². The molecule has 0 aliphatic carbocycles. The lowest BCUT2D eigenvalue weighted by Gasteiger charge is -2.27. The molecule has 1 N–H and O–H groups in total. The molecule has 86 valence electrons. The van der Waals surface area contributed by atoms with Gasteiger partial charge >= 0.3 is 0 Å². The molecule has 2 atom stereocenters. The Morgan fingerprint density at radius 2 is 2.25 bits per heavy atom. The summed E-state index contributed by atoms with van der Waals surface area (Å²) in [6.07, 6.45) is 0.281. The Morgan fingerprint density at radius 3 is 2.69 bits per heavy atom. The van der Waals surface area contributed by atoms with E-state index in [0.717, 1.165) is 0 Å². The summed E-state index contributed by atoms with van der Waals surface area (Å²) in [4.78, 5) is 23.3. The quantitative estimate of drug-likeness (QED) is 0.714. The molecule has 1 aliphatic heterocycles. The first-order valence-electron chi connectivity index (χ1n) is 5.08. The number of nitrogens with zero attached hydrogens (tertiary/aromatic N) is 1. The smallest absolute Gasteiger partial charge is 0.237 e. The van der Waals surface area contributed by atoms with Crippen LogP contribution in [0.2, 0.25) is 0 Å². The molecule has 16 heavy (non-hydrogen) atoms. The Balaban J connectivity index is 3.13. The number of nitrogens with one attached hydrogen (secondary N) is 1. The van der Waals surface area contributed by atoms with E-state index >= 15 is 0 Å². The van der Waals surface area contributed by atoms with E-state index in [1.54, 1.807) is 13.8 Å². The molecular weight excluding hydrogens is 208 g/mol. The second-order valence-corrected chi connectivity index (χ2v) is 3.63. The maximum absolute atomic E-state index is 11.7. The van der Waals surface area contributed by atoms with Gasteiger partial charge in [0.1, 0.15) is 17.8 Å². The maximum Gasteiger partial charge on any atom is 0.237 e. The maximum atomic E-state index is 11.7. The minimum absolute atomic E-state index is 0.153. The number of Topliss-reactive ketones (excluding diaryl/α,β-unsaturated/α-hetero) is 1. The molecule has 2 unspecified atom stereocenters. The standard InChI is InChI=1S/C11H14N2O3/c1-4-8(14)9-6(2)7(5-12)11(16-3)13-10(9)15/h6,9H,4H2,1-3H3,(H,13,15). The van der Waals surface area contributed by atoms with Crippen molar-refractivity contribution in [2.75, 3.05) is 7.11 Å². The number of ether oxygens (including phenoxy) is 1. The molecule has 1 heterocycles. The fourth-order valence-electron chi connectivity index (χ4n) is 1.82. The van der Waals surface area contributed by atoms with E-state index in [0.29, 0.717) is 5.57 Å². The van der Waals surface area contributed by atoms with Crippen molar-refractivity contribution >= 4 is 11.7 Å². The van der Waals surface area contributed by atoms with Crippen molar-refractivity contribution in [2.24, 2.45) is 11.8 Å². The van der Waals surface area contributed by atoms with Crippen molar-refractivity contribution in [2.45, 2.75) is 20.3 Å². The molecule has 1 rings (SSSR count). The summed E-state index contributed by atoms with van der Waals surface area (Å²) in [5.41, 5.74) is 0.314. The van der Waals surface area contributed by atoms with Crippen LogP contribution in [-0.2, 0) is 14.3 Å². The van der Waals surface area contributed by atoms with Gasteiger partial charge < -0.3 is 4.74 Å². The molecule has 0 spiro atoms. The van der Waals surface area contributed by atoms with E-state index in [2.05, 4.69) is 5.32 Å². The summed E-state index contributed by atoms with van der Waals surface area (Å²) in [6.45, 7) is 3.39. The molecule has 1 amide bonds. The molecule has 0 aromatic carbocycles. The number of carbonyl (C=O) groups is 2. The van der Waals surface area contributed by atoms with Gasteiger partial charge in [0.05, 0.1) is 12.7 Å². The Morgan fingerprint density at radius 1 is 1.62 bits per heavy atom. The molecule has 5 heteroatoms. The normalized spacial score (nSPS) is 24.8. The van der Waals surface area contributed by atoms with Crippen LogP contribution < -0.4 is 5.32 Å². The van der Waals surface area contributed by atoms with Crippen LogP contribution in [0.1, 0.15) is 20.3 Å². The van der Waals surface area contributed by atoms with Crippen molar-refractivity contribution < 1.29 is 14.3 Å². The Labute approximate surface area is 94.1 Å². The number of hydrogen-bond acceptors (Lipinski definition) is 4. The largest absolute Gasteiger partial charge is 0.482 e. The van der Waals surface area contributed by atoms with E-state index in [1.165, 1.54) is 7.11 Å². The number of ketones is 1. The van der Waals surface area contributed by atoms with Gasteiger partial charge in [-0.2, -0.15) is 5.26 Å². The van der Waals surface area contributed by atoms with Gasteiger partial charge in [-0.3, -0.25) is 14.9 Å². The highest BCUT2D eigenvalue weighted by atomic mass is 16.5. The van der Waals surface area contributed by atoms with E-state index in [1.807, 2.05) is 6.07 Å². The first kappa shape index (κ1) is 12.2. The lowest BCUT2D eigenvalue weighted by Crippen LogP contribution is -2.44. The second-order valence-electron chi connectivity index (χ2n) is 3.63. The summed E-state index contributed by atoms with van der Waals surface area (Å²) in [6, 6.07) is 1.97. The lowest BCUT2D eigenvalue weighted by atomic mass is 9.81. The number of hydrogen-bond donors (Lipinski definition) is 1. The van der Waals surface area contributed by atoms with Crippen LogP contribution in [-0.4, -0.2) is 18.8 Å². The lowest BCUT2D eigenvalue weighted by molar-refractivity contribution is -0.136. The third kappa shape index (κ3) is 1.91. The Kier molecular flexibility index (Phi) is 3.67.